The predicted octanol–water partition coefficient (Wildman–Crippen LogP) is 2.45. The third kappa shape index (κ3) is 4.85. The second kappa shape index (κ2) is 10.2. The first-order valence-corrected chi connectivity index (χ1v) is 11.7. The summed E-state index contributed by atoms with van der Waals surface area (Å²) in [5, 5.41) is 2.95. The number of ether oxygens (including phenoxy) is 2. The van der Waals surface area contributed by atoms with Crippen LogP contribution in [0.2, 0.25) is 0 Å². The Bertz CT molecular complexity index is 915. The lowest BCUT2D eigenvalue weighted by Gasteiger charge is -2.19. The molecular weight excluding hydrogens is 436 g/mol. The van der Waals surface area contributed by atoms with E-state index in [2.05, 4.69) is 5.32 Å². The van der Waals surface area contributed by atoms with Crippen LogP contribution in [0.3, 0.4) is 0 Å². The van der Waals surface area contributed by atoms with Crippen molar-refractivity contribution in [2.75, 3.05) is 25.1 Å². The van der Waals surface area contributed by atoms with Gasteiger partial charge in [0.2, 0.25) is 11.8 Å². The lowest BCUT2D eigenvalue weighted by Crippen LogP contribution is -2.37. The Kier molecular flexibility index (Phi) is 7.65. The molecular formula is C22H28N2O7S. The van der Waals surface area contributed by atoms with E-state index < -0.39 is 31.0 Å². The van der Waals surface area contributed by atoms with Gasteiger partial charge in [-0.1, -0.05) is 19.8 Å². The minimum absolute atomic E-state index is 0.206. The van der Waals surface area contributed by atoms with Crippen molar-refractivity contribution >= 4 is 46.0 Å². The fraction of sp³-hybridized carbons (Fsp3) is 0.591. The molecule has 1 saturated heterocycles. The maximum absolute atomic E-state index is 12.5. The van der Waals surface area contributed by atoms with Gasteiger partial charge in [-0.05, 0) is 38.7 Å². The van der Waals surface area contributed by atoms with Crippen LogP contribution in [0.4, 0.5) is 5.00 Å². The second-order valence-electron chi connectivity index (χ2n) is 7.88. The number of imide groups is 1. The summed E-state index contributed by atoms with van der Waals surface area (Å²) in [6, 6.07) is 0. The Morgan fingerprint density at radius 3 is 2.25 bits per heavy atom. The number of esters is 2. The highest BCUT2D eigenvalue weighted by Crippen LogP contribution is 2.38. The second-order valence-corrected chi connectivity index (χ2v) is 9.11. The third-order valence-corrected chi connectivity index (χ3v) is 6.94. The summed E-state index contributed by atoms with van der Waals surface area (Å²) in [5.41, 5.74) is 1.11. The van der Waals surface area contributed by atoms with Gasteiger partial charge >= 0.3 is 11.9 Å². The molecule has 1 N–H and O–H groups in total. The lowest BCUT2D eigenvalue weighted by molar-refractivity contribution is -0.154. The molecule has 2 fully saturated rings. The summed E-state index contributed by atoms with van der Waals surface area (Å²) < 4.78 is 10.1. The van der Waals surface area contributed by atoms with Crippen LogP contribution < -0.4 is 5.32 Å². The monoisotopic (exact) mass is 464 g/mol. The van der Waals surface area contributed by atoms with Gasteiger partial charge in [-0.25, -0.2) is 4.79 Å². The van der Waals surface area contributed by atoms with Gasteiger partial charge < -0.3 is 14.8 Å². The summed E-state index contributed by atoms with van der Waals surface area (Å²) in [6.45, 7) is 4.57. The topological polar surface area (TPSA) is 119 Å². The number of nitrogens with zero attached hydrogens (tertiary/aromatic N) is 1. The molecule has 0 unspecified atom stereocenters. The molecule has 9 nitrogen and oxygen atoms in total. The Balaban J connectivity index is 1.57. The maximum atomic E-state index is 12.5. The zero-order valence-electron chi connectivity index (χ0n) is 18.5. The van der Waals surface area contributed by atoms with E-state index in [4.69, 9.17) is 9.47 Å². The molecule has 3 rings (SSSR count). The van der Waals surface area contributed by atoms with E-state index in [1.165, 1.54) is 11.3 Å². The van der Waals surface area contributed by atoms with Crippen molar-refractivity contribution in [3.8, 4) is 0 Å². The first-order chi connectivity index (χ1) is 15.3. The van der Waals surface area contributed by atoms with Crippen LogP contribution in [0.5, 0.6) is 0 Å². The minimum atomic E-state index is -0.831. The van der Waals surface area contributed by atoms with Gasteiger partial charge in [0.05, 0.1) is 24.0 Å². The molecule has 1 aromatic rings. The highest BCUT2D eigenvalue weighted by molar-refractivity contribution is 7.16. The maximum Gasteiger partial charge on any atom is 0.341 e. The van der Waals surface area contributed by atoms with E-state index >= 15 is 0 Å². The van der Waals surface area contributed by atoms with Gasteiger partial charge in [-0.15, -0.1) is 11.3 Å². The molecule has 2 heterocycles. The predicted molar refractivity (Wildman–Crippen MR) is 116 cm³/mol. The van der Waals surface area contributed by atoms with Crippen molar-refractivity contribution < 1.29 is 33.4 Å². The highest BCUT2D eigenvalue weighted by atomic mass is 32.1. The van der Waals surface area contributed by atoms with Gasteiger partial charge in [0.15, 0.2) is 6.61 Å². The number of carbonyl (C=O) groups excluding carboxylic acids is 5. The van der Waals surface area contributed by atoms with E-state index in [1.54, 1.807) is 6.92 Å². The number of nitrogens with one attached hydrogen (secondary N) is 1. The number of hydrogen-bond donors (Lipinski definition) is 1. The smallest absolute Gasteiger partial charge is 0.341 e. The van der Waals surface area contributed by atoms with E-state index in [9.17, 15) is 24.0 Å². The summed E-state index contributed by atoms with van der Waals surface area (Å²) in [4.78, 5) is 63.6. The number of aryl methyl sites for hydroxylation is 1. The fourth-order valence-corrected chi connectivity index (χ4v) is 5.53. The standard InChI is InChI=1S/C22H28N2O7S/c1-4-13-12(3)32-19(18(13)22(29)30-5-2)23-16(25)11-31-17(26)10-24-20(27)14-8-6-7-9-15(14)21(24)28/h14-15H,4-11H2,1-3H3,(H,23,25)/t14-,15-/m0/s1. The van der Waals surface area contributed by atoms with Gasteiger partial charge in [0.1, 0.15) is 11.5 Å². The van der Waals surface area contributed by atoms with Crippen LogP contribution in [0, 0.1) is 18.8 Å². The van der Waals surface area contributed by atoms with Crippen molar-refractivity contribution in [3.63, 3.8) is 0 Å². The van der Waals surface area contributed by atoms with Crippen molar-refractivity contribution in [1.29, 1.82) is 0 Å². The average Bonchev–Trinajstić information content (AvgIpc) is 3.21. The molecule has 2 aliphatic rings. The Morgan fingerprint density at radius 2 is 1.69 bits per heavy atom. The normalized spacial score (nSPS) is 20.2. The number of fused-ring (bicyclic) bond motifs is 1. The molecule has 3 amide bonds. The summed E-state index contributed by atoms with van der Waals surface area (Å²) in [6.07, 6.45) is 3.71. The molecule has 0 radical (unpaired) electrons. The number of thiophene rings is 1. The number of likely N-dealkylation sites (tertiary alicyclic amines) is 1. The molecule has 1 aliphatic carbocycles. The summed E-state index contributed by atoms with van der Waals surface area (Å²) in [7, 11) is 0. The molecule has 0 spiro atoms. The quantitative estimate of drug-likeness (QED) is 0.464. The molecule has 1 aliphatic heterocycles. The molecule has 0 bridgehead atoms. The molecule has 0 aromatic carbocycles. The molecule has 1 saturated carbocycles. The van der Waals surface area contributed by atoms with E-state index in [-0.39, 0.29) is 30.3 Å². The molecule has 174 valence electrons. The number of rotatable bonds is 8. The van der Waals surface area contributed by atoms with E-state index in [0.717, 1.165) is 28.2 Å². The van der Waals surface area contributed by atoms with Crippen LogP contribution in [-0.4, -0.2) is 54.3 Å². The van der Waals surface area contributed by atoms with Crippen molar-refractivity contribution in [2.24, 2.45) is 11.8 Å². The molecule has 10 heteroatoms. The SMILES string of the molecule is CCOC(=O)c1c(NC(=O)COC(=O)CN2C(=O)[C@H]3CCCC[C@@H]3C2=O)sc(C)c1CC. The Hall–Kier alpha value is -2.75. The lowest BCUT2D eigenvalue weighted by atomic mass is 9.81. The minimum Gasteiger partial charge on any atom is -0.462 e. The fourth-order valence-electron chi connectivity index (χ4n) is 4.38. The van der Waals surface area contributed by atoms with Gasteiger partial charge in [-0.2, -0.15) is 0 Å². The highest BCUT2D eigenvalue weighted by Gasteiger charge is 2.48. The van der Waals surface area contributed by atoms with Crippen LogP contribution >= 0.6 is 11.3 Å². The Labute approximate surface area is 190 Å². The molecule has 2 atom stereocenters. The number of hydrogen-bond acceptors (Lipinski definition) is 8. The van der Waals surface area contributed by atoms with E-state index in [0.29, 0.717) is 29.8 Å². The first kappa shape index (κ1) is 23.9. The molecule has 1 aromatic heterocycles. The van der Waals surface area contributed by atoms with Crippen LogP contribution in [0.1, 0.15) is 60.3 Å². The van der Waals surface area contributed by atoms with E-state index in [1.807, 2.05) is 13.8 Å². The van der Waals surface area contributed by atoms with Gasteiger partial charge in [0.25, 0.3) is 5.91 Å². The van der Waals surface area contributed by atoms with Crippen LogP contribution in [-0.2, 0) is 35.1 Å². The van der Waals surface area contributed by atoms with Gasteiger partial charge in [0, 0.05) is 4.88 Å². The summed E-state index contributed by atoms with van der Waals surface area (Å²) >= 11 is 1.25. The number of anilines is 1. The van der Waals surface area contributed by atoms with Crippen molar-refractivity contribution in [1.82, 2.24) is 4.90 Å². The number of amides is 3. The zero-order valence-corrected chi connectivity index (χ0v) is 19.3. The Morgan fingerprint density at radius 1 is 1.06 bits per heavy atom. The van der Waals surface area contributed by atoms with Crippen LogP contribution in [0.15, 0.2) is 0 Å². The van der Waals surface area contributed by atoms with Crippen LogP contribution in [0.25, 0.3) is 0 Å². The summed E-state index contributed by atoms with van der Waals surface area (Å²) in [5.74, 6) is -3.33. The van der Waals surface area contributed by atoms with Crippen molar-refractivity contribution in [2.45, 2.75) is 52.9 Å². The third-order valence-electron chi connectivity index (χ3n) is 5.88. The van der Waals surface area contributed by atoms with Crippen molar-refractivity contribution in [3.05, 3.63) is 16.0 Å². The largest absolute Gasteiger partial charge is 0.462 e. The first-order valence-electron chi connectivity index (χ1n) is 10.9. The molecule has 32 heavy (non-hydrogen) atoms. The average molecular weight is 465 g/mol. The zero-order chi connectivity index (χ0) is 23.4. The number of carbonyl (C=O) groups is 5. The van der Waals surface area contributed by atoms with Gasteiger partial charge in [-0.3, -0.25) is 24.1 Å².